The summed E-state index contributed by atoms with van der Waals surface area (Å²) in [6.45, 7) is 0. The number of benzene rings is 8. The molecule has 0 unspecified atom stereocenters. The van der Waals surface area contributed by atoms with E-state index in [-0.39, 0.29) is 0 Å². The summed E-state index contributed by atoms with van der Waals surface area (Å²) in [5.41, 5.74) is 17.0. The van der Waals surface area contributed by atoms with Crippen molar-refractivity contribution in [2.45, 2.75) is 12.8 Å². The fraction of sp³-hybridized carbons (Fsp3) is 0.0345. The van der Waals surface area contributed by atoms with Crippen LogP contribution in [0.2, 0.25) is 0 Å². The van der Waals surface area contributed by atoms with Crippen LogP contribution >= 0.6 is 0 Å². The number of nitrogens with zero attached hydrogens (tertiary/aromatic N) is 1. The van der Waals surface area contributed by atoms with E-state index in [1.807, 2.05) is 18.2 Å². The van der Waals surface area contributed by atoms with Gasteiger partial charge in [0.25, 0.3) is 0 Å². The summed E-state index contributed by atoms with van der Waals surface area (Å²) < 4.78 is 6.33. The van der Waals surface area contributed by atoms with E-state index >= 15 is 0 Å². The third-order valence-electron chi connectivity index (χ3n) is 11.9. The van der Waals surface area contributed by atoms with Gasteiger partial charge in [-0.05, 0) is 117 Å². The van der Waals surface area contributed by atoms with Crippen molar-refractivity contribution in [3.8, 4) is 44.5 Å². The first-order valence-electron chi connectivity index (χ1n) is 20.6. The highest BCUT2D eigenvalue weighted by atomic mass is 16.3. The van der Waals surface area contributed by atoms with E-state index in [0.717, 1.165) is 57.3 Å². The molecule has 0 spiro atoms. The number of rotatable bonds is 8. The second kappa shape index (κ2) is 15.1. The van der Waals surface area contributed by atoms with Gasteiger partial charge in [0.15, 0.2) is 0 Å². The van der Waals surface area contributed by atoms with Crippen LogP contribution in [0.5, 0.6) is 0 Å². The van der Waals surface area contributed by atoms with E-state index in [1.165, 1.54) is 61.0 Å². The maximum atomic E-state index is 6.33. The van der Waals surface area contributed by atoms with Crippen LogP contribution in [0.4, 0.5) is 11.4 Å². The normalized spacial score (nSPS) is 12.6. The largest absolute Gasteiger partial charge is 0.455 e. The molecule has 0 radical (unpaired) electrons. The third-order valence-corrected chi connectivity index (χ3v) is 11.9. The monoisotopic (exact) mass is 765 g/mol. The van der Waals surface area contributed by atoms with Gasteiger partial charge in [0, 0.05) is 27.9 Å². The average molecular weight is 766 g/mol. The number of fused-ring (bicyclic) bond motifs is 4. The molecule has 2 heteroatoms. The zero-order chi connectivity index (χ0) is 39.8. The molecule has 60 heavy (non-hydrogen) atoms. The lowest BCUT2D eigenvalue weighted by molar-refractivity contribution is 0.669. The van der Waals surface area contributed by atoms with Crippen LogP contribution in [0.15, 0.2) is 222 Å². The average Bonchev–Trinajstić information content (AvgIpc) is 3.70. The minimum atomic E-state index is 0.809. The Hall–Kier alpha value is -7.86. The number of allylic oxidation sites excluding steroid dienone is 4. The molecule has 1 aliphatic carbocycles. The molecule has 0 saturated carbocycles. The molecule has 0 N–H and O–H groups in total. The fourth-order valence-corrected chi connectivity index (χ4v) is 8.80. The highest BCUT2D eigenvalue weighted by Crippen LogP contribution is 2.43. The summed E-state index contributed by atoms with van der Waals surface area (Å²) >= 11 is 0. The lowest BCUT2D eigenvalue weighted by Crippen LogP contribution is -2.18. The summed E-state index contributed by atoms with van der Waals surface area (Å²) in [4.78, 5) is 2.42. The second-order valence-electron chi connectivity index (χ2n) is 15.4. The second-order valence-corrected chi connectivity index (χ2v) is 15.4. The molecule has 9 aromatic carbocycles. The van der Waals surface area contributed by atoms with Gasteiger partial charge < -0.3 is 9.32 Å². The van der Waals surface area contributed by atoms with Gasteiger partial charge in [-0.2, -0.15) is 0 Å². The van der Waals surface area contributed by atoms with Crippen molar-refractivity contribution in [2.75, 3.05) is 4.90 Å². The maximum absolute atomic E-state index is 6.33. The fourth-order valence-electron chi connectivity index (χ4n) is 8.80. The van der Waals surface area contributed by atoms with E-state index in [0.29, 0.717) is 0 Å². The predicted molar refractivity (Wildman–Crippen MR) is 251 cm³/mol. The molecule has 282 valence electrons. The minimum absolute atomic E-state index is 0.809. The van der Waals surface area contributed by atoms with Crippen molar-refractivity contribution in [1.82, 2.24) is 0 Å². The molecule has 11 rings (SSSR count). The quantitative estimate of drug-likeness (QED) is 0.153. The van der Waals surface area contributed by atoms with Crippen LogP contribution in [-0.4, -0.2) is 0 Å². The molecule has 10 aromatic rings. The van der Waals surface area contributed by atoms with Gasteiger partial charge in [0.05, 0.1) is 11.1 Å². The number of hydrogen-bond acceptors (Lipinski definition) is 2. The zero-order valence-corrected chi connectivity index (χ0v) is 33.0. The van der Waals surface area contributed by atoms with Crippen LogP contribution in [-0.2, 0) is 0 Å². The Balaban J connectivity index is 0.982. The lowest BCUT2D eigenvalue weighted by Gasteiger charge is -2.31. The third kappa shape index (κ3) is 6.53. The van der Waals surface area contributed by atoms with Crippen molar-refractivity contribution >= 4 is 49.7 Å². The molecule has 0 bridgehead atoms. The molecule has 0 fully saturated rings. The predicted octanol–water partition coefficient (Wildman–Crippen LogP) is 15.9. The molecular weight excluding hydrogens is 727 g/mol. The lowest BCUT2D eigenvalue weighted by atomic mass is 9.93. The van der Waals surface area contributed by atoms with E-state index in [2.05, 4.69) is 211 Å². The van der Waals surface area contributed by atoms with Gasteiger partial charge in [-0.1, -0.05) is 176 Å². The Kier molecular flexibility index (Phi) is 8.91. The Labute approximate surface area is 350 Å². The minimum Gasteiger partial charge on any atom is -0.455 e. The highest BCUT2D eigenvalue weighted by Gasteiger charge is 2.22. The summed E-state index contributed by atoms with van der Waals surface area (Å²) in [6.07, 6.45) is 6.42. The molecule has 2 nitrogen and oxygen atoms in total. The zero-order valence-electron chi connectivity index (χ0n) is 33.0. The van der Waals surface area contributed by atoms with E-state index in [9.17, 15) is 0 Å². The van der Waals surface area contributed by atoms with E-state index in [4.69, 9.17) is 4.42 Å². The van der Waals surface area contributed by atoms with Gasteiger partial charge in [-0.15, -0.1) is 0 Å². The highest BCUT2D eigenvalue weighted by molar-refractivity contribution is 6.05. The van der Waals surface area contributed by atoms with Crippen LogP contribution in [0.3, 0.4) is 0 Å². The number of para-hydroxylation sites is 2. The van der Waals surface area contributed by atoms with Crippen LogP contribution < -0.4 is 4.90 Å². The SMILES string of the molecule is c1c(-c2ccccc2N(C2=CC=C(c3ccc(-c4ccccc4)cc3)CC2)c2ccc(-c3cccc(-c4cccc5ccccc45)c3)cc2)cc2oc3ccccc3c2c#1. The van der Waals surface area contributed by atoms with Gasteiger partial charge >= 0.3 is 0 Å². The van der Waals surface area contributed by atoms with Gasteiger partial charge in [0.2, 0.25) is 0 Å². The van der Waals surface area contributed by atoms with Crippen LogP contribution in [0.1, 0.15) is 18.4 Å². The van der Waals surface area contributed by atoms with Crippen molar-refractivity contribution in [3.63, 3.8) is 0 Å². The molecule has 1 aliphatic rings. The summed E-state index contributed by atoms with van der Waals surface area (Å²) in [6, 6.07) is 78.5. The van der Waals surface area contributed by atoms with Crippen molar-refractivity contribution in [2.24, 2.45) is 0 Å². The van der Waals surface area contributed by atoms with E-state index < -0.39 is 0 Å². The molecular formula is C58H39NO. The topological polar surface area (TPSA) is 16.4 Å². The summed E-state index contributed by atoms with van der Waals surface area (Å²) in [5, 5.41) is 4.52. The number of anilines is 2. The van der Waals surface area contributed by atoms with Gasteiger partial charge in [-0.25, -0.2) is 0 Å². The Bertz CT molecular complexity index is 3230. The smallest absolute Gasteiger partial charge is 0.145 e. The number of furan rings is 1. The standard InChI is InChI=1S/C58H39NO/c1-2-12-40(13-3-1)41-24-26-42(27-25-41)43-28-33-49(34-29-43)59(56-22-8-6-19-53(56)48-32-37-55-54-20-7-9-23-57(54)60-58(55)39-48)50-35-30-44(31-36-50)46-16-10-17-47(38-46)52-21-11-15-45-14-4-5-18-51(45)52/h1-28,30-31,33,35-36,38-39H,29,34H2. The van der Waals surface area contributed by atoms with E-state index in [1.54, 1.807) is 0 Å². The Morgan fingerprint density at radius 3 is 1.90 bits per heavy atom. The molecule has 0 aliphatic heterocycles. The van der Waals surface area contributed by atoms with Crippen molar-refractivity contribution in [1.29, 1.82) is 0 Å². The Morgan fingerprint density at radius 1 is 0.417 bits per heavy atom. The molecule has 0 atom stereocenters. The van der Waals surface area contributed by atoms with Crippen LogP contribution in [0, 0.1) is 12.1 Å². The maximum Gasteiger partial charge on any atom is 0.145 e. The van der Waals surface area contributed by atoms with Gasteiger partial charge in [0.1, 0.15) is 11.2 Å². The first-order valence-corrected chi connectivity index (χ1v) is 20.6. The van der Waals surface area contributed by atoms with Crippen molar-refractivity contribution < 1.29 is 4.42 Å². The molecule has 1 heterocycles. The van der Waals surface area contributed by atoms with Crippen LogP contribution in [0.25, 0.3) is 82.8 Å². The summed E-state index contributed by atoms with van der Waals surface area (Å²) in [5.74, 6) is 0. The van der Waals surface area contributed by atoms with Gasteiger partial charge in [-0.3, -0.25) is 0 Å². The first-order chi connectivity index (χ1) is 29.7. The molecule has 0 saturated heterocycles. The van der Waals surface area contributed by atoms with Crippen molar-refractivity contribution in [3.05, 3.63) is 236 Å². The summed E-state index contributed by atoms with van der Waals surface area (Å²) in [7, 11) is 0. The first kappa shape index (κ1) is 35.3. The molecule has 1 aromatic heterocycles. The molecule has 0 amide bonds. The Morgan fingerprint density at radius 2 is 1.05 bits per heavy atom. The number of hydrogen-bond donors (Lipinski definition) is 0.